The number of fused-ring (bicyclic) bond motifs is 1. The van der Waals surface area contributed by atoms with Crippen LogP contribution < -0.4 is 0 Å². The summed E-state index contributed by atoms with van der Waals surface area (Å²) in [5.74, 6) is 0.447. The number of hydrogen-bond donors (Lipinski definition) is 1. The van der Waals surface area contributed by atoms with Crippen molar-refractivity contribution in [3.8, 4) is 0 Å². The van der Waals surface area contributed by atoms with Gasteiger partial charge >= 0.3 is 0 Å². The fourth-order valence-electron chi connectivity index (χ4n) is 2.02. The summed E-state index contributed by atoms with van der Waals surface area (Å²) in [7, 11) is 0. The number of rotatable bonds is 1. The molecule has 64 valence electrons. The van der Waals surface area contributed by atoms with E-state index in [0.717, 1.165) is 18.4 Å². The van der Waals surface area contributed by atoms with Gasteiger partial charge in [0.2, 0.25) is 0 Å². The van der Waals surface area contributed by atoms with E-state index in [4.69, 9.17) is 0 Å². The highest BCUT2D eigenvalue weighted by atomic mass is 16.3. The topological polar surface area (TPSA) is 20.2 Å². The van der Waals surface area contributed by atoms with Crippen LogP contribution in [0.1, 0.15) is 30.6 Å². The van der Waals surface area contributed by atoms with E-state index in [-0.39, 0.29) is 6.10 Å². The van der Waals surface area contributed by atoms with Gasteiger partial charge in [0.1, 0.15) is 0 Å². The van der Waals surface area contributed by atoms with Crippen LogP contribution in [0.4, 0.5) is 0 Å². The van der Waals surface area contributed by atoms with E-state index in [1.807, 2.05) is 18.2 Å². The first-order chi connectivity index (χ1) is 5.83. The largest absolute Gasteiger partial charge is 0.388 e. The van der Waals surface area contributed by atoms with Crippen molar-refractivity contribution >= 4 is 0 Å². The molecule has 0 bridgehead atoms. The SMILES string of the molecule is CC[C@@H]1Cc2ccccc2[C@@H]1O. The first-order valence-corrected chi connectivity index (χ1v) is 4.58. The van der Waals surface area contributed by atoms with Crippen LogP contribution in [-0.4, -0.2) is 5.11 Å². The maximum Gasteiger partial charge on any atom is 0.0823 e. The second-order valence-corrected chi connectivity index (χ2v) is 3.52. The third-order valence-electron chi connectivity index (χ3n) is 2.83. The molecule has 1 N–H and O–H groups in total. The summed E-state index contributed by atoms with van der Waals surface area (Å²) in [6, 6.07) is 8.20. The van der Waals surface area contributed by atoms with E-state index in [1.54, 1.807) is 0 Å². The molecule has 0 aliphatic heterocycles. The van der Waals surface area contributed by atoms with Gasteiger partial charge in [0.15, 0.2) is 0 Å². The first kappa shape index (κ1) is 7.81. The fraction of sp³-hybridized carbons (Fsp3) is 0.455. The molecule has 0 saturated heterocycles. The maximum absolute atomic E-state index is 9.84. The highest BCUT2D eigenvalue weighted by Gasteiger charge is 2.28. The molecule has 0 saturated carbocycles. The Labute approximate surface area is 73.0 Å². The molecule has 0 fully saturated rings. The van der Waals surface area contributed by atoms with E-state index < -0.39 is 0 Å². The summed E-state index contributed by atoms with van der Waals surface area (Å²) >= 11 is 0. The molecular weight excluding hydrogens is 148 g/mol. The molecule has 2 atom stereocenters. The second kappa shape index (κ2) is 2.91. The van der Waals surface area contributed by atoms with Crippen molar-refractivity contribution in [1.29, 1.82) is 0 Å². The monoisotopic (exact) mass is 162 g/mol. The van der Waals surface area contributed by atoms with Crippen molar-refractivity contribution in [2.24, 2.45) is 5.92 Å². The minimum absolute atomic E-state index is 0.216. The lowest BCUT2D eigenvalue weighted by atomic mass is 10.0. The van der Waals surface area contributed by atoms with E-state index >= 15 is 0 Å². The Kier molecular flexibility index (Phi) is 1.89. The number of aliphatic hydroxyl groups excluding tert-OH is 1. The van der Waals surface area contributed by atoms with Gasteiger partial charge in [-0.1, -0.05) is 37.6 Å². The predicted molar refractivity (Wildman–Crippen MR) is 48.9 cm³/mol. The van der Waals surface area contributed by atoms with Gasteiger partial charge in [-0.3, -0.25) is 0 Å². The van der Waals surface area contributed by atoms with Gasteiger partial charge in [-0.15, -0.1) is 0 Å². The van der Waals surface area contributed by atoms with Crippen LogP contribution in [0, 0.1) is 5.92 Å². The molecule has 1 aromatic rings. The van der Waals surface area contributed by atoms with Gasteiger partial charge < -0.3 is 5.11 Å². The summed E-state index contributed by atoms with van der Waals surface area (Å²) in [6.07, 6.45) is 1.90. The summed E-state index contributed by atoms with van der Waals surface area (Å²) in [5.41, 5.74) is 2.47. The van der Waals surface area contributed by atoms with Gasteiger partial charge in [-0.25, -0.2) is 0 Å². The van der Waals surface area contributed by atoms with Gasteiger partial charge in [-0.2, -0.15) is 0 Å². The Bertz CT molecular complexity index is 280. The minimum atomic E-state index is -0.216. The van der Waals surface area contributed by atoms with Crippen molar-refractivity contribution in [3.05, 3.63) is 35.4 Å². The van der Waals surface area contributed by atoms with E-state index in [9.17, 15) is 5.11 Å². The average molecular weight is 162 g/mol. The summed E-state index contributed by atoms with van der Waals surface area (Å²) in [4.78, 5) is 0. The standard InChI is InChI=1S/C11H14O/c1-2-8-7-9-5-3-4-6-10(9)11(8)12/h3-6,8,11-12H,2,7H2,1H3/t8-,11-/m1/s1. The Morgan fingerprint density at radius 1 is 1.42 bits per heavy atom. The van der Waals surface area contributed by atoms with Crippen LogP contribution in [0.15, 0.2) is 24.3 Å². The quantitative estimate of drug-likeness (QED) is 0.671. The first-order valence-electron chi connectivity index (χ1n) is 4.58. The Morgan fingerprint density at radius 2 is 2.17 bits per heavy atom. The van der Waals surface area contributed by atoms with Crippen LogP contribution in [0.25, 0.3) is 0 Å². The summed E-state index contributed by atoms with van der Waals surface area (Å²) in [6.45, 7) is 2.14. The van der Waals surface area contributed by atoms with Crippen LogP contribution in [0.3, 0.4) is 0 Å². The minimum Gasteiger partial charge on any atom is -0.388 e. The normalized spacial score (nSPS) is 27.2. The number of hydrogen-bond acceptors (Lipinski definition) is 1. The third kappa shape index (κ3) is 1.05. The lowest BCUT2D eigenvalue weighted by molar-refractivity contribution is 0.121. The van der Waals surface area contributed by atoms with Gasteiger partial charge in [0, 0.05) is 0 Å². The van der Waals surface area contributed by atoms with Crippen molar-refractivity contribution < 1.29 is 5.11 Å². The molecule has 0 aromatic heterocycles. The predicted octanol–water partition coefficient (Wildman–Crippen LogP) is 2.30. The lowest BCUT2D eigenvalue weighted by Gasteiger charge is -2.11. The average Bonchev–Trinajstić information content (AvgIpc) is 2.44. The molecule has 12 heavy (non-hydrogen) atoms. The Hall–Kier alpha value is -0.820. The van der Waals surface area contributed by atoms with Crippen LogP contribution in [-0.2, 0) is 6.42 Å². The lowest BCUT2D eigenvalue weighted by Crippen LogP contribution is -2.04. The molecule has 1 heteroatoms. The molecule has 1 nitrogen and oxygen atoms in total. The molecule has 0 radical (unpaired) electrons. The molecule has 1 aliphatic rings. The van der Waals surface area contributed by atoms with Crippen molar-refractivity contribution in [3.63, 3.8) is 0 Å². The summed E-state index contributed by atoms with van der Waals surface area (Å²) < 4.78 is 0. The third-order valence-corrected chi connectivity index (χ3v) is 2.83. The van der Waals surface area contributed by atoms with E-state index in [2.05, 4.69) is 13.0 Å². The summed E-state index contributed by atoms with van der Waals surface area (Å²) in [5, 5.41) is 9.84. The van der Waals surface area contributed by atoms with Gasteiger partial charge in [0.05, 0.1) is 6.10 Å². The van der Waals surface area contributed by atoms with Crippen LogP contribution in [0.2, 0.25) is 0 Å². The van der Waals surface area contributed by atoms with E-state index in [1.165, 1.54) is 5.56 Å². The van der Waals surface area contributed by atoms with E-state index in [0.29, 0.717) is 5.92 Å². The highest BCUT2D eigenvalue weighted by molar-refractivity contribution is 5.34. The fourth-order valence-corrected chi connectivity index (χ4v) is 2.02. The molecule has 1 aliphatic carbocycles. The Balaban J connectivity index is 2.35. The molecule has 1 aromatic carbocycles. The van der Waals surface area contributed by atoms with Crippen molar-refractivity contribution in [2.45, 2.75) is 25.9 Å². The second-order valence-electron chi connectivity index (χ2n) is 3.52. The number of benzene rings is 1. The molecule has 0 amide bonds. The molecule has 0 unspecified atom stereocenters. The molecule has 2 rings (SSSR count). The van der Waals surface area contributed by atoms with Crippen LogP contribution in [0.5, 0.6) is 0 Å². The Morgan fingerprint density at radius 3 is 2.83 bits per heavy atom. The number of aliphatic hydroxyl groups is 1. The maximum atomic E-state index is 9.84. The van der Waals surface area contributed by atoms with Gasteiger partial charge in [0.25, 0.3) is 0 Å². The van der Waals surface area contributed by atoms with Crippen molar-refractivity contribution in [1.82, 2.24) is 0 Å². The zero-order chi connectivity index (χ0) is 8.55. The molecular formula is C11H14O. The van der Waals surface area contributed by atoms with Crippen molar-refractivity contribution in [2.75, 3.05) is 0 Å². The highest BCUT2D eigenvalue weighted by Crippen LogP contribution is 2.37. The molecule has 0 spiro atoms. The van der Waals surface area contributed by atoms with Gasteiger partial charge in [-0.05, 0) is 23.5 Å². The molecule has 0 heterocycles. The zero-order valence-corrected chi connectivity index (χ0v) is 7.33. The zero-order valence-electron chi connectivity index (χ0n) is 7.33. The van der Waals surface area contributed by atoms with Crippen LogP contribution >= 0.6 is 0 Å². The smallest absolute Gasteiger partial charge is 0.0823 e.